The standard InChI is InChI=1S/C14H22O4/c1-10-2-3-12(16)13(9-15)8-14(5-4-11(10)13)17-6-7-18-14/h2-3,10-12,15-16H,4-9H2,1H3/t10-,11-,12+,13-/m1/s1. The Balaban J connectivity index is 1.94. The van der Waals surface area contributed by atoms with Crippen molar-refractivity contribution in [3.05, 3.63) is 12.2 Å². The van der Waals surface area contributed by atoms with Gasteiger partial charge in [-0.05, 0) is 18.3 Å². The van der Waals surface area contributed by atoms with E-state index in [1.165, 1.54) is 0 Å². The monoisotopic (exact) mass is 254 g/mol. The highest BCUT2D eigenvalue weighted by Crippen LogP contribution is 2.55. The summed E-state index contributed by atoms with van der Waals surface area (Å²) in [6.45, 7) is 3.38. The van der Waals surface area contributed by atoms with Crippen molar-refractivity contribution < 1.29 is 19.7 Å². The van der Waals surface area contributed by atoms with Gasteiger partial charge in [-0.25, -0.2) is 0 Å². The number of aliphatic hydroxyl groups is 2. The highest BCUT2D eigenvalue weighted by molar-refractivity contribution is 5.14. The van der Waals surface area contributed by atoms with Crippen LogP contribution in [0.25, 0.3) is 0 Å². The van der Waals surface area contributed by atoms with Gasteiger partial charge in [-0.2, -0.15) is 0 Å². The van der Waals surface area contributed by atoms with E-state index in [0.29, 0.717) is 31.5 Å². The molecule has 2 aliphatic carbocycles. The Morgan fingerprint density at radius 2 is 2.00 bits per heavy atom. The molecular weight excluding hydrogens is 232 g/mol. The lowest BCUT2D eigenvalue weighted by atomic mass is 9.56. The van der Waals surface area contributed by atoms with Crippen LogP contribution in [-0.4, -0.2) is 41.9 Å². The zero-order chi connectivity index (χ0) is 12.8. The van der Waals surface area contributed by atoms with E-state index in [9.17, 15) is 10.2 Å². The van der Waals surface area contributed by atoms with Gasteiger partial charge in [0, 0.05) is 18.3 Å². The van der Waals surface area contributed by atoms with Crippen molar-refractivity contribution in [2.45, 2.75) is 38.1 Å². The molecule has 1 saturated heterocycles. The molecule has 0 unspecified atom stereocenters. The molecule has 3 aliphatic rings. The van der Waals surface area contributed by atoms with Crippen LogP contribution in [0.2, 0.25) is 0 Å². The first-order valence-corrected chi connectivity index (χ1v) is 6.87. The molecule has 0 bridgehead atoms. The van der Waals surface area contributed by atoms with E-state index in [0.717, 1.165) is 12.8 Å². The van der Waals surface area contributed by atoms with Crippen LogP contribution in [0.1, 0.15) is 26.2 Å². The Morgan fingerprint density at radius 3 is 2.67 bits per heavy atom. The van der Waals surface area contributed by atoms with Crippen molar-refractivity contribution in [1.82, 2.24) is 0 Å². The molecule has 1 heterocycles. The first-order valence-electron chi connectivity index (χ1n) is 6.87. The molecule has 4 heteroatoms. The van der Waals surface area contributed by atoms with Crippen molar-refractivity contribution in [2.75, 3.05) is 19.8 Å². The Kier molecular flexibility index (Phi) is 3.01. The molecule has 0 radical (unpaired) electrons. The lowest BCUT2D eigenvalue weighted by Crippen LogP contribution is -2.57. The largest absolute Gasteiger partial charge is 0.396 e. The van der Waals surface area contributed by atoms with Gasteiger partial charge in [-0.3, -0.25) is 0 Å². The summed E-state index contributed by atoms with van der Waals surface area (Å²) >= 11 is 0. The molecule has 1 aliphatic heterocycles. The molecule has 3 rings (SSSR count). The van der Waals surface area contributed by atoms with Gasteiger partial charge < -0.3 is 19.7 Å². The average Bonchev–Trinajstić information content (AvgIpc) is 2.82. The van der Waals surface area contributed by atoms with Crippen molar-refractivity contribution in [1.29, 1.82) is 0 Å². The molecule has 4 atom stereocenters. The van der Waals surface area contributed by atoms with Crippen LogP contribution in [0.3, 0.4) is 0 Å². The van der Waals surface area contributed by atoms with Gasteiger partial charge in [0.2, 0.25) is 0 Å². The third-order valence-corrected chi connectivity index (χ3v) is 5.10. The van der Waals surface area contributed by atoms with E-state index >= 15 is 0 Å². The number of allylic oxidation sites excluding steroid dienone is 1. The Morgan fingerprint density at radius 1 is 1.28 bits per heavy atom. The van der Waals surface area contributed by atoms with Gasteiger partial charge in [0.25, 0.3) is 0 Å². The molecule has 0 aromatic rings. The van der Waals surface area contributed by atoms with E-state index in [1.807, 2.05) is 6.08 Å². The molecule has 2 N–H and O–H groups in total. The molecule has 0 aromatic heterocycles. The quantitative estimate of drug-likeness (QED) is 0.687. The van der Waals surface area contributed by atoms with Gasteiger partial charge in [0.05, 0.1) is 25.9 Å². The minimum absolute atomic E-state index is 0.0119. The fourth-order valence-corrected chi connectivity index (χ4v) is 4.11. The maximum Gasteiger partial charge on any atom is 0.169 e. The summed E-state index contributed by atoms with van der Waals surface area (Å²) < 4.78 is 11.5. The molecular formula is C14H22O4. The zero-order valence-electron chi connectivity index (χ0n) is 10.8. The van der Waals surface area contributed by atoms with Crippen molar-refractivity contribution in [2.24, 2.45) is 17.3 Å². The van der Waals surface area contributed by atoms with Crippen LogP contribution < -0.4 is 0 Å². The van der Waals surface area contributed by atoms with Gasteiger partial charge in [0.1, 0.15) is 0 Å². The minimum atomic E-state index is -0.603. The first-order chi connectivity index (χ1) is 8.62. The predicted molar refractivity (Wildman–Crippen MR) is 65.8 cm³/mol. The van der Waals surface area contributed by atoms with E-state index < -0.39 is 17.3 Å². The summed E-state index contributed by atoms with van der Waals surface area (Å²) in [5, 5.41) is 20.3. The molecule has 4 nitrogen and oxygen atoms in total. The van der Waals surface area contributed by atoms with Gasteiger partial charge in [-0.1, -0.05) is 19.1 Å². The van der Waals surface area contributed by atoms with E-state index in [-0.39, 0.29) is 6.61 Å². The molecule has 1 saturated carbocycles. The smallest absolute Gasteiger partial charge is 0.169 e. The van der Waals surface area contributed by atoms with Crippen LogP contribution >= 0.6 is 0 Å². The maximum absolute atomic E-state index is 10.4. The predicted octanol–water partition coefficient (Wildman–Crippen LogP) is 1.08. The van der Waals surface area contributed by atoms with E-state index in [4.69, 9.17) is 9.47 Å². The van der Waals surface area contributed by atoms with Crippen LogP contribution in [0.4, 0.5) is 0 Å². The third kappa shape index (κ3) is 1.67. The van der Waals surface area contributed by atoms with Gasteiger partial charge in [-0.15, -0.1) is 0 Å². The van der Waals surface area contributed by atoms with Crippen LogP contribution in [0, 0.1) is 17.3 Å². The molecule has 0 amide bonds. The topological polar surface area (TPSA) is 58.9 Å². The second-order valence-corrected chi connectivity index (χ2v) is 6.01. The van der Waals surface area contributed by atoms with Crippen molar-refractivity contribution in [3.63, 3.8) is 0 Å². The fraction of sp³-hybridized carbons (Fsp3) is 0.857. The van der Waals surface area contributed by atoms with Crippen LogP contribution in [0.5, 0.6) is 0 Å². The molecule has 2 fully saturated rings. The number of hydrogen-bond acceptors (Lipinski definition) is 4. The second-order valence-electron chi connectivity index (χ2n) is 6.01. The molecule has 1 spiro atoms. The number of rotatable bonds is 1. The minimum Gasteiger partial charge on any atom is -0.396 e. The summed E-state index contributed by atoms with van der Waals surface area (Å²) in [6, 6.07) is 0. The number of hydrogen-bond donors (Lipinski definition) is 2. The average molecular weight is 254 g/mol. The number of fused-ring (bicyclic) bond motifs is 1. The first kappa shape index (κ1) is 12.6. The second kappa shape index (κ2) is 4.30. The van der Waals surface area contributed by atoms with Crippen molar-refractivity contribution in [3.8, 4) is 0 Å². The summed E-state index contributed by atoms with van der Waals surface area (Å²) in [5.74, 6) is 0.130. The van der Waals surface area contributed by atoms with E-state index in [1.54, 1.807) is 0 Å². The van der Waals surface area contributed by atoms with Crippen LogP contribution in [-0.2, 0) is 9.47 Å². The normalized spacial score (nSPS) is 46.3. The summed E-state index contributed by atoms with van der Waals surface area (Å²) in [7, 11) is 0. The lowest BCUT2D eigenvalue weighted by molar-refractivity contribution is -0.238. The Hall–Kier alpha value is -0.420. The zero-order valence-corrected chi connectivity index (χ0v) is 10.8. The fourth-order valence-electron chi connectivity index (χ4n) is 4.11. The Labute approximate surface area is 108 Å². The Bertz CT molecular complexity index is 348. The molecule has 0 aromatic carbocycles. The molecule has 102 valence electrons. The summed E-state index contributed by atoms with van der Waals surface area (Å²) in [6.07, 6.45) is 5.68. The molecule has 18 heavy (non-hydrogen) atoms. The SMILES string of the molecule is C[C@@H]1C=C[C@H](O)[C@@]2(CO)CC3(CC[C@H]12)OCCO3. The number of aliphatic hydroxyl groups excluding tert-OH is 2. The van der Waals surface area contributed by atoms with Crippen molar-refractivity contribution >= 4 is 0 Å². The maximum atomic E-state index is 10.4. The van der Waals surface area contributed by atoms with Gasteiger partial charge >= 0.3 is 0 Å². The van der Waals surface area contributed by atoms with Crippen LogP contribution in [0.15, 0.2) is 12.2 Å². The van der Waals surface area contributed by atoms with Gasteiger partial charge in [0.15, 0.2) is 5.79 Å². The highest BCUT2D eigenvalue weighted by Gasteiger charge is 2.57. The summed E-state index contributed by atoms with van der Waals surface area (Å²) in [5.41, 5.74) is -0.503. The van der Waals surface area contributed by atoms with E-state index in [2.05, 4.69) is 13.0 Å². The summed E-state index contributed by atoms with van der Waals surface area (Å²) in [4.78, 5) is 0. The third-order valence-electron chi connectivity index (χ3n) is 5.10. The lowest BCUT2D eigenvalue weighted by Gasteiger charge is -2.54. The number of ether oxygens (including phenoxy) is 2. The highest BCUT2D eigenvalue weighted by atomic mass is 16.7.